The Bertz CT molecular complexity index is 710. The number of aromatic amines is 1. The summed E-state index contributed by atoms with van der Waals surface area (Å²) in [6, 6.07) is 11.6. The molecule has 1 amide bonds. The van der Waals surface area contributed by atoms with Gasteiger partial charge in [0.2, 0.25) is 0 Å². The zero-order chi connectivity index (χ0) is 18.0. The van der Waals surface area contributed by atoms with Gasteiger partial charge in [0.1, 0.15) is 5.69 Å². The molecule has 2 heterocycles. The molecule has 2 N–H and O–H groups in total. The number of amides is 1. The van der Waals surface area contributed by atoms with Crippen LogP contribution in [-0.2, 0) is 5.41 Å². The van der Waals surface area contributed by atoms with Gasteiger partial charge in [-0.3, -0.25) is 9.89 Å². The van der Waals surface area contributed by atoms with E-state index in [2.05, 4.69) is 31.0 Å². The average Bonchev–Trinajstić information content (AvgIpc) is 3.12. The smallest absolute Gasteiger partial charge is 0.274 e. The first-order valence-electron chi connectivity index (χ1n) is 8.94. The minimum Gasteiger partial charge on any atom is -0.388 e. The Balaban J connectivity index is 1.60. The Hall–Kier alpha value is -2.14. The van der Waals surface area contributed by atoms with Crippen molar-refractivity contribution >= 4 is 5.91 Å². The van der Waals surface area contributed by atoms with Crippen LogP contribution in [-0.4, -0.2) is 39.2 Å². The average molecular weight is 341 g/mol. The predicted molar refractivity (Wildman–Crippen MR) is 97.3 cm³/mol. The van der Waals surface area contributed by atoms with Gasteiger partial charge in [0.05, 0.1) is 6.10 Å². The van der Waals surface area contributed by atoms with Crippen LogP contribution in [0.5, 0.6) is 0 Å². The largest absolute Gasteiger partial charge is 0.388 e. The van der Waals surface area contributed by atoms with Crippen LogP contribution in [0.25, 0.3) is 0 Å². The summed E-state index contributed by atoms with van der Waals surface area (Å²) >= 11 is 0. The van der Waals surface area contributed by atoms with Crippen molar-refractivity contribution in [3.05, 3.63) is 53.3 Å². The molecule has 5 heteroatoms. The van der Waals surface area contributed by atoms with Crippen LogP contribution in [0.3, 0.4) is 0 Å². The zero-order valence-electron chi connectivity index (χ0n) is 15.2. The molecule has 134 valence electrons. The van der Waals surface area contributed by atoms with E-state index in [0.29, 0.717) is 18.8 Å². The summed E-state index contributed by atoms with van der Waals surface area (Å²) in [5.41, 5.74) is 2.34. The fourth-order valence-electron chi connectivity index (χ4n) is 3.32. The molecule has 5 nitrogen and oxygen atoms in total. The van der Waals surface area contributed by atoms with Crippen LogP contribution in [0.2, 0.25) is 0 Å². The van der Waals surface area contributed by atoms with Crippen molar-refractivity contribution in [3.8, 4) is 0 Å². The fourth-order valence-corrected chi connectivity index (χ4v) is 3.32. The van der Waals surface area contributed by atoms with Gasteiger partial charge in [-0.1, -0.05) is 51.1 Å². The molecule has 2 aromatic rings. The van der Waals surface area contributed by atoms with Crippen molar-refractivity contribution in [1.29, 1.82) is 0 Å². The number of rotatable bonds is 3. The molecule has 25 heavy (non-hydrogen) atoms. The van der Waals surface area contributed by atoms with E-state index in [1.54, 1.807) is 0 Å². The molecule has 1 aromatic carbocycles. The van der Waals surface area contributed by atoms with Crippen LogP contribution < -0.4 is 0 Å². The van der Waals surface area contributed by atoms with Crippen LogP contribution >= 0.6 is 0 Å². The molecule has 0 bridgehead atoms. The fraction of sp³-hybridized carbons (Fsp3) is 0.500. The third kappa shape index (κ3) is 3.93. The zero-order valence-corrected chi connectivity index (χ0v) is 15.2. The van der Waals surface area contributed by atoms with Crippen molar-refractivity contribution in [2.75, 3.05) is 13.1 Å². The summed E-state index contributed by atoms with van der Waals surface area (Å²) in [6.07, 6.45) is 1.15. The number of carbonyl (C=O) groups is 1. The maximum atomic E-state index is 12.7. The highest BCUT2D eigenvalue weighted by Gasteiger charge is 2.30. The molecule has 1 aliphatic heterocycles. The van der Waals surface area contributed by atoms with Gasteiger partial charge < -0.3 is 10.0 Å². The number of hydrogen-bond donors (Lipinski definition) is 2. The van der Waals surface area contributed by atoms with Gasteiger partial charge in [-0.05, 0) is 30.4 Å². The van der Waals surface area contributed by atoms with Gasteiger partial charge in [-0.15, -0.1) is 0 Å². The Kier molecular flexibility index (Phi) is 4.95. The maximum Gasteiger partial charge on any atom is 0.274 e. The monoisotopic (exact) mass is 341 g/mol. The van der Waals surface area contributed by atoms with E-state index >= 15 is 0 Å². The quantitative estimate of drug-likeness (QED) is 0.900. The molecule has 1 fully saturated rings. The van der Waals surface area contributed by atoms with Gasteiger partial charge in [-0.2, -0.15) is 5.10 Å². The number of piperidine rings is 1. The topological polar surface area (TPSA) is 69.2 Å². The Morgan fingerprint density at radius 2 is 1.88 bits per heavy atom. The second kappa shape index (κ2) is 7.00. The van der Waals surface area contributed by atoms with Crippen molar-refractivity contribution in [3.63, 3.8) is 0 Å². The number of aromatic nitrogens is 2. The normalized spacial score (nSPS) is 17.5. The van der Waals surface area contributed by atoms with Crippen LogP contribution in [0.4, 0.5) is 0 Å². The number of aliphatic hydroxyl groups excluding tert-OH is 1. The Morgan fingerprint density at radius 3 is 2.44 bits per heavy atom. The number of aliphatic hydroxyl groups is 1. The molecule has 1 aromatic heterocycles. The molecule has 1 aliphatic rings. The van der Waals surface area contributed by atoms with E-state index in [0.717, 1.165) is 24.1 Å². The molecule has 0 radical (unpaired) electrons. The van der Waals surface area contributed by atoms with E-state index in [1.165, 1.54) is 0 Å². The lowest BCUT2D eigenvalue weighted by atomic mass is 9.87. The van der Waals surface area contributed by atoms with Gasteiger partial charge in [0.15, 0.2) is 0 Å². The SMILES string of the molecule is CC(C)(C)c1cc(C(=O)N2CCC(C(O)c3ccccc3)CC2)n[nH]1. The molecule has 1 unspecified atom stereocenters. The Morgan fingerprint density at radius 1 is 1.24 bits per heavy atom. The molecule has 0 spiro atoms. The predicted octanol–water partition coefficient (Wildman–Crippen LogP) is 3.29. The van der Waals surface area contributed by atoms with E-state index in [4.69, 9.17) is 0 Å². The minimum absolute atomic E-state index is 0.0283. The summed E-state index contributed by atoms with van der Waals surface area (Å²) in [6.45, 7) is 7.58. The highest BCUT2D eigenvalue weighted by Crippen LogP contribution is 2.31. The van der Waals surface area contributed by atoms with Crippen molar-refractivity contribution in [1.82, 2.24) is 15.1 Å². The van der Waals surface area contributed by atoms with Gasteiger partial charge in [0, 0.05) is 24.2 Å². The number of carbonyl (C=O) groups excluding carboxylic acids is 1. The minimum atomic E-state index is -0.462. The van der Waals surface area contributed by atoms with Crippen LogP contribution in [0.15, 0.2) is 36.4 Å². The van der Waals surface area contributed by atoms with E-state index in [1.807, 2.05) is 41.3 Å². The molecule has 1 saturated heterocycles. The maximum absolute atomic E-state index is 12.7. The Labute approximate surface area is 149 Å². The van der Waals surface area contributed by atoms with Crippen LogP contribution in [0.1, 0.15) is 61.5 Å². The molecule has 1 atom stereocenters. The van der Waals surface area contributed by atoms with Crippen molar-refractivity contribution in [2.24, 2.45) is 5.92 Å². The van der Waals surface area contributed by atoms with E-state index < -0.39 is 6.10 Å². The number of hydrogen-bond acceptors (Lipinski definition) is 3. The lowest BCUT2D eigenvalue weighted by molar-refractivity contribution is 0.0458. The summed E-state index contributed by atoms with van der Waals surface area (Å²) in [5, 5.41) is 17.7. The molecule has 0 aliphatic carbocycles. The first-order valence-corrected chi connectivity index (χ1v) is 8.94. The number of nitrogens with zero attached hydrogens (tertiary/aromatic N) is 2. The number of H-pyrrole nitrogens is 1. The molecule has 0 saturated carbocycles. The second-order valence-electron chi connectivity index (χ2n) is 7.90. The summed E-state index contributed by atoms with van der Waals surface area (Å²) < 4.78 is 0. The second-order valence-corrected chi connectivity index (χ2v) is 7.90. The van der Waals surface area contributed by atoms with Gasteiger partial charge >= 0.3 is 0 Å². The summed E-state index contributed by atoms with van der Waals surface area (Å²) in [5.74, 6) is 0.162. The molecule has 3 rings (SSSR count). The third-order valence-corrected chi connectivity index (χ3v) is 5.02. The summed E-state index contributed by atoms with van der Waals surface area (Å²) in [4.78, 5) is 14.5. The van der Waals surface area contributed by atoms with Crippen LogP contribution in [0, 0.1) is 5.92 Å². The first-order chi connectivity index (χ1) is 11.9. The molecular formula is C20H27N3O2. The highest BCUT2D eigenvalue weighted by molar-refractivity contribution is 5.92. The number of benzene rings is 1. The van der Waals surface area contributed by atoms with E-state index in [9.17, 15) is 9.90 Å². The lowest BCUT2D eigenvalue weighted by Crippen LogP contribution is -2.40. The summed E-state index contributed by atoms with van der Waals surface area (Å²) in [7, 11) is 0. The van der Waals surface area contributed by atoms with E-state index in [-0.39, 0.29) is 17.2 Å². The third-order valence-electron chi connectivity index (χ3n) is 5.02. The first kappa shape index (κ1) is 17.7. The molecular weight excluding hydrogens is 314 g/mol. The standard InChI is InChI=1S/C20H27N3O2/c1-20(2,3)17-13-16(21-22-17)19(25)23-11-9-15(10-12-23)18(24)14-7-5-4-6-8-14/h4-8,13,15,18,24H,9-12H2,1-3H3,(H,21,22). The lowest BCUT2D eigenvalue weighted by Gasteiger charge is -2.34. The number of nitrogens with one attached hydrogen (secondary N) is 1. The van der Waals surface area contributed by atoms with Gasteiger partial charge in [-0.25, -0.2) is 0 Å². The van der Waals surface area contributed by atoms with Crippen molar-refractivity contribution in [2.45, 2.75) is 45.1 Å². The highest BCUT2D eigenvalue weighted by atomic mass is 16.3. The van der Waals surface area contributed by atoms with Crippen molar-refractivity contribution < 1.29 is 9.90 Å². The number of likely N-dealkylation sites (tertiary alicyclic amines) is 1. The van der Waals surface area contributed by atoms with Gasteiger partial charge in [0.25, 0.3) is 5.91 Å².